The molecular weight excluding hydrogens is 274 g/mol. The second-order valence-corrected chi connectivity index (χ2v) is 6.03. The predicted octanol–water partition coefficient (Wildman–Crippen LogP) is 2.41. The van der Waals surface area contributed by atoms with Gasteiger partial charge in [0, 0.05) is 25.0 Å². The minimum absolute atomic E-state index is 0.0545. The molecule has 0 bridgehead atoms. The van der Waals surface area contributed by atoms with Crippen molar-refractivity contribution in [2.75, 3.05) is 13.1 Å². The molecule has 3 atom stereocenters. The molecule has 3 nitrogen and oxygen atoms in total. The highest BCUT2D eigenvalue weighted by Crippen LogP contribution is 2.49. The monoisotopic (exact) mass is 294 g/mol. The molecule has 1 amide bonds. The number of piperidine rings is 1. The normalized spacial score (nSPS) is 28.5. The van der Waals surface area contributed by atoms with Crippen LogP contribution in [0.1, 0.15) is 37.2 Å². The standard InChI is InChI=1S/C16H20F2N2O/c17-10-4-5-15(18)13(7-10)12-8-14(12)16(21)20-6-2-1-3-11(20)9-19/h4-5,7,11-12,14H,1-3,6,8-9,19H2/t11-,12-,14+/m0/s1. The summed E-state index contributed by atoms with van der Waals surface area (Å²) in [6, 6.07) is 3.55. The van der Waals surface area contributed by atoms with E-state index >= 15 is 0 Å². The van der Waals surface area contributed by atoms with Gasteiger partial charge in [0.15, 0.2) is 0 Å². The second kappa shape index (κ2) is 5.72. The van der Waals surface area contributed by atoms with Crippen LogP contribution in [-0.4, -0.2) is 29.9 Å². The third-order valence-electron chi connectivity index (χ3n) is 4.65. The molecule has 0 radical (unpaired) electrons. The topological polar surface area (TPSA) is 46.3 Å². The van der Waals surface area contributed by atoms with Crippen molar-refractivity contribution in [3.63, 3.8) is 0 Å². The van der Waals surface area contributed by atoms with Crippen LogP contribution >= 0.6 is 0 Å². The molecule has 3 rings (SSSR count). The lowest BCUT2D eigenvalue weighted by Gasteiger charge is -2.35. The molecule has 0 unspecified atom stereocenters. The van der Waals surface area contributed by atoms with E-state index < -0.39 is 11.6 Å². The van der Waals surface area contributed by atoms with Crippen molar-refractivity contribution in [3.8, 4) is 0 Å². The van der Waals surface area contributed by atoms with E-state index in [1.165, 1.54) is 6.07 Å². The van der Waals surface area contributed by atoms with Gasteiger partial charge in [-0.2, -0.15) is 0 Å². The van der Waals surface area contributed by atoms with Crippen LogP contribution in [0.2, 0.25) is 0 Å². The number of rotatable bonds is 3. The fourth-order valence-electron chi connectivity index (χ4n) is 3.36. The van der Waals surface area contributed by atoms with Crippen molar-refractivity contribution in [3.05, 3.63) is 35.4 Å². The smallest absolute Gasteiger partial charge is 0.226 e. The molecule has 1 aromatic rings. The van der Waals surface area contributed by atoms with Gasteiger partial charge in [-0.05, 0) is 55.4 Å². The Hall–Kier alpha value is -1.49. The summed E-state index contributed by atoms with van der Waals surface area (Å²) in [5.74, 6) is -1.23. The minimum Gasteiger partial charge on any atom is -0.338 e. The van der Waals surface area contributed by atoms with Gasteiger partial charge in [0.2, 0.25) is 5.91 Å². The SMILES string of the molecule is NC[C@@H]1CCCCN1C(=O)[C@@H]1C[C@H]1c1cc(F)ccc1F. The van der Waals surface area contributed by atoms with E-state index in [0.29, 0.717) is 18.5 Å². The maximum absolute atomic E-state index is 13.8. The summed E-state index contributed by atoms with van der Waals surface area (Å²) in [4.78, 5) is 14.4. The van der Waals surface area contributed by atoms with Crippen molar-refractivity contribution in [2.45, 2.75) is 37.6 Å². The van der Waals surface area contributed by atoms with Gasteiger partial charge in [-0.1, -0.05) is 0 Å². The maximum Gasteiger partial charge on any atom is 0.226 e. The molecule has 1 aliphatic carbocycles. The van der Waals surface area contributed by atoms with E-state index in [-0.39, 0.29) is 23.8 Å². The first-order valence-electron chi connectivity index (χ1n) is 7.57. The number of carbonyl (C=O) groups is 1. The lowest BCUT2D eigenvalue weighted by Crippen LogP contribution is -2.48. The van der Waals surface area contributed by atoms with Crippen molar-refractivity contribution < 1.29 is 13.6 Å². The van der Waals surface area contributed by atoms with Crippen LogP contribution in [0.15, 0.2) is 18.2 Å². The number of nitrogens with two attached hydrogens (primary N) is 1. The number of benzene rings is 1. The van der Waals surface area contributed by atoms with Crippen molar-refractivity contribution in [2.24, 2.45) is 11.7 Å². The molecule has 114 valence electrons. The Bertz CT molecular complexity index is 549. The summed E-state index contributed by atoms with van der Waals surface area (Å²) in [6.07, 6.45) is 3.63. The van der Waals surface area contributed by atoms with Crippen LogP contribution in [0.3, 0.4) is 0 Å². The predicted molar refractivity (Wildman–Crippen MR) is 75.6 cm³/mol. The number of likely N-dealkylation sites (tertiary alicyclic amines) is 1. The average Bonchev–Trinajstić information content (AvgIpc) is 3.29. The zero-order valence-corrected chi connectivity index (χ0v) is 11.9. The Labute approximate surface area is 123 Å². The van der Waals surface area contributed by atoms with Gasteiger partial charge in [-0.15, -0.1) is 0 Å². The number of carbonyl (C=O) groups excluding carboxylic acids is 1. The zero-order chi connectivity index (χ0) is 15.0. The first-order valence-corrected chi connectivity index (χ1v) is 7.57. The molecule has 21 heavy (non-hydrogen) atoms. The summed E-state index contributed by atoms with van der Waals surface area (Å²) in [7, 11) is 0. The fraction of sp³-hybridized carbons (Fsp3) is 0.562. The molecule has 5 heteroatoms. The van der Waals surface area contributed by atoms with Gasteiger partial charge in [-0.25, -0.2) is 8.78 Å². The summed E-state index contributed by atoms with van der Waals surface area (Å²) < 4.78 is 27.0. The molecule has 2 aliphatic rings. The van der Waals surface area contributed by atoms with E-state index in [0.717, 1.165) is 37.9 Å². The summed E-state index contributed by atoms with van der Waals surface area (Å²) in [6.45, 7) is 1.20. The van der Waals surface area contributed by atoms with Crippen LogP contribution in [0.25, 0.3) is 0 Å². The third-order valence-corrected chi connectivity index (χ3v) is 4.65. The lowest BCUT2D eigenvalue weighted by atomic mass is 10.0. The number of halogens is 2. The molecule has 2 fully saturated rings. The van der Waals surface area contributed by atoms with E-state index in [2.05, 4.69) is 0 Å². The summed E-state index contributed by atoms with van der Waals surface area (Å²) in [5, 5.41) is 0. The van der Waals surface area contributed by atoms with Crippen molar-refractivity contribution in [1.29, 1.82) is 0 Å². The highest BCUT2D eigenvalue weighted by atomic mass is 19.1. The van der Waals surface area contributed by atoms with E-state index in [1.54, 1.807) is 0 Å². The molecule has 1 aromatic carbocycles. The van der Waals surface area contributed by atoms with Crippen LogP contribution in [0, 0.1) is 17.6 Å². The molecular formula is C16H20F2N2O. The first-order chi connectivity index (χ1) is 10.1. The first kappa shape index (κ1) is 14.4. The molecule has 2 N–H and O–H groups in total. The number of amides is 1. The Morgan fingerprint density at radius 3 is 2.90 bits per heavy atom. The number of nitrogens with zero attached hydrogens (tertiary/aromatic N) is 1. The molecule has 1 saturated carbocycles. The van der Waals surface area contributed by atoms with Gasteiger partial charge in [0.25, 0.3) is 0 Å². The molecule has 1 heterocycles. The Kier molecular flexibility index (Phi) is 3.93. The Morgan fingerprint density at radius 2 is 2.14 bits per heavy atom. The van der Waals surface area contributed by atoms with E-state index in [4.69, 9.17) is 5.73 Å². The van der Waals surface area contributed by atoms with Crippen LogP contribution in [-0.2, 0) is 4.79 Å². The summed E-state index contributed by atoms with van der Waals surface area (Å²) in [5.41, 5.74) is 6.07. The van der Waals surface area contributed by atoms with E-state index in [1.807, 2.05) is 4.90 Å². The summed E-state index contributed by atoms with van der Waals surface area (Å²) >= 11 is 0. The van der Waals surface area contributed by atoms with Crippen molar-refractivity contribution in [1.82, 2.24) is 4.90 Å². The average molecular weight is 294 g/mol. The zero-order valence-electron chi connectivity index (χ0n) is 11.9. The van der Waals surface area contributed by atoms with E-state index in [9.17, 15) is 13.6 Å². The molecule has 1 saturated heterocycles. The largest absolute Gasteiger partial charge is 0.338 e. The van der Waals surface area contributed by atoms with Gasteiger partial charge in [0.1, 0.15) is 11.6 Å². The Balaban J connectivity index is 1.72. The Morgan fingerprint density at radius 1 is 1.33 bits per heavy atom. The van der Waals surface area contributed by atoms with Crippen LogP contribution in [0.5, 0.6) is 0 Å². The number of hydrogen-bond acceptors (Lipinski definition) is 2. The van der Waals surface area contributed by atoms with Gasteiger partial charge in [0.05, 0.1) is 0 Å². The maximum atomic E-state index is 13.8. The van der Waals surface area contributed by atoms with Gasteiger partial charge in [-0.3, -0.25) is 4.79 Å². The van der Waals surface area contributed by atoms with Crippen LogP contribution < -0.4 is 5.73 Å². The van der Waals surface area contributed by atoms with Gasteiger partial charge >= 0.3 is 0 Å². The fourth-order valence-corrected chi connectivity index (χ4v) is 3.36. The quantitative estimate of drug-likeness (QED) is 0.930. The second-order valence-electron chi connectivity index (χ2n) is 6.03. The molecule has 0 aromatic heterocycles. The van der Waals surface area contributed by atoms with Crippen LogP contribution in [0.4, 0.5) is 8.78 Å². The highest BCUT2D eigenvalue weighted by Gasteiger charge is 2.48. The van der Waals surface area contributed by atoms with Crippen molar-refractivity contribution >= 4 is 5.91 Å². The minimum atomic E-state index is -0.456. The third kappa shape index (κ3) is 2.79. The van der Waals surface area contributed by atoms with Gasteiger partial charge < -0.3 is 10.6 Å². The lowest BCUT2D eigenvalue weighted by molar-refractivity contribution is -0.136. The molecule has 0 spiro atoms. The molecule has 1 aliphatic heterocycles. The highest BCUT2D eigenvalue weighted by molar-refractivity contribution is 5.83. The number of hydrogen-bond donors (Lipinski definition) is 1.